The number of ketones is 1. The van der Waals surface area contributed by atoms with Gasteiger partial charge >= 0.3 is 11.9 Å². The quantitative estimate of drug-likeness (QED) is 0.333. The van der Waals surface area contributed by atoms with Crippen LogP contribution in [0, 0.1) is 0 Å². The summed E-state index contributed by atoms with van der Waals surface area (Å²) in [6.07, 6.45) is -1.21. The number of carboxylic acids is 2. The Morgan fingerprint density at radius 1 is 1.18 bits per heavy atom. The largest absolute Gasteiger partial charge is 0.479 e. The summed E-state index contributed by atoms with van der Waals surface area (Å²) >= 11 is 0. The highest BCUT2D eigenvalue weighted by atomic mass is 16.4. The summed E-state index contributed by atoms with van der Waals surface area (Å²) in [5, 5.41) is 35.8. The Kier molecular flexibility index (Phi) is 5.77. The first-order valence-corrected chi connectivity index (χ1v) is 5.18. The van der Waals surface area contributed by atoms with Crippen LogP contribution in [0.2, 0.25) is 0 Å². The Hall–Kier alpha value is -1.47. The number of Topliss-reactive ketones (excluding diaryl/α,β-unsaturated/α-hetero) is 1. The summed E-state index contributed by atoms with van der Waals surface area (Å²) in [6.45, 7) is 1.86. The van der Waals surface area contributed by atoms with Crippen molar-refractivity contribution in [1.29, 1.82) is 0 Å². The van der Waals surface area contributed by atoms with E-state index in [1.807, 2.05) is 6.92 Å². The van der Waals surface area contributed by atoms with Crippen molar-refractivity contribution in [2.75, 3.05) is 0 Å². The van der Waals surface area contributed by atoms with Crippen molar-refractivity contribution < 1.29 is 34.8 Å². The van der Waals surface area contributed by atoms with E-state index >= 15 is 0 Å². The standard InChI is InChI=1S/C10H16O7/c1-2-3-4-5-6(11)10(17,9(15)16)7(12)8(13)14/h7,12,17H,2-5H2,1H3,(H,13,14)(H,15,16). The summed E-state index contributed by atoms with van der Waals surface area (Å²) in [5.74, 6) is -5.22. The van der Waals surface area contributed by atoms with Gasteiger partial charge in [-0.25, -0.2) is 9.59 Å². The van der Waals surface area contributed by atoms with Gasteiger partial charge in [-0.2, -0.15) is 0 Å². The molecule has 0 aliphatic carbocycles. The predicted octanol–water partition coefficient (Wildman–Crippen LogP) is -0.603. The van der Waals surface area contributed by atoms with Gasteiger partial charge in [-0.1, -0.05) is 19.8 Å². The molecule has 98 valence electrons. The van der Waals surface area contributed by atoms with Gasteiger partial charge in [0.05, 0.1) is 0 Å². The molecular weight excluding hydrogens is 232 g/mol. The van der Waals surface area contributed by atoms with E-state index in [1.165, 1.54) is 0 Å². The van der Waals surface area contributed by atoms with Gasteiger partial charge in [0.1, 0.15) is 0 Å². The number of aliphatic hydroxyl groups excluding tert-OH is 1. The molecule has 0 saturated carbocycles. The van der Waals surface area contributed by atoms with Crippen molar-refractivity contribution in [2.24, 2.45) is 0 Å². The van der Waals surface area contributed by atoms with Crippen molar-refractivity contribution in [3.8, 4) is 0 Å². The highest BCUT2D eigenvalue weighted by Gasteiger charge is 2.53. The molecule has 0 fully saturated rings. The lowest BCUT2D eigenvalue weighted by molar-refractivity contribution is -0.186. The van der Waals surface area contributed by atoms with Crippen molar-refractivity contribution in [3.63, 3.8) is 0 Å². The van der Waals surface area contributed by atoms with Gasteiger partial charge in [-0.3, -0.25) is 4.79 Å². The molecular formula is C10H16O7. The maximum absolute atomic E-state index is 11.5. The number of hydrogen-bond acceptors (Lipinski definition) is 5. The molecule has 4 N–H and O–H groups in total. The highest BCUT2D eigenvalue weighted by molar-refractivity contribution is 6.10. The minimum Gasteiger partial charge on any atom is -0.479 e. The summed E-state index contributed by atoms with van der Waals surface area (Å²) in [5.41, 5.74) is -3.28. The first-order valence-electron chi connectivity index (χ1n) is 5.18. The predicted molar refractivity (Wildman–Crippen MR) is 55.4 cm³/mol. The highest BCUT2D eigenvalue weighted by Crippen LogP contribution is 2.17. The molecule has 0 amide bonds. The van der Waals surface area contributed by atoms with E-state index in [4.69, 9.17) is 15.3 Å². The molecule has 2 atom stereocenters. The number of carboxylic acid groups (broad SMARTS) is 2. The third-order valence-corrected chi connectivity index (χ3v) is 2.39. The van der Waals surface area contributed by atoms with Crippen LogP contribution < -0.4 is 0 Å². The minimum absolute atomic E-state index is 0.291. The minimum atomic E-state index is -3.28. The summed E-state index contributed by atoms with van der Waals surface area (Å²) in [7, 11) is 0. The van der Waals surface area contributed by atoms with Gasteiger partial charge in [0.25, 0.3) is 5.60 Å². The molecule has 0 aromatic carbocycles. The molecule has 0 aromatic heterocycles. The fourth-order valence-corrected chi connectivity index (χ4v) is 1.29. The van der Waals surface area contributed by atoms with Crippen LogP contribution in [0.3, 0.4) is 0 Å². The number of aliphatic hydroxyl groups is 2. The van der Waals surface area contributed by atoms with E-state index < -0.39 is 29.4 Å². The van der Waals surface area contributed by atoms with Gasteiger partial charge < -0.3 is 20.4 Å². The average Bonchev–Trinajstić information content (AvgIpc) is 2.26. The normalized spacial score (nSPS) is 15.9. The van der Waals surface area contributed by atoms with Crippen molar-refractivity contribution in [1.82, 2.24) is 0 Å². The zero-order valence-electron chi connectivity index (χ0n) is 9.42. The molecule has 0 spiro atoms. The molecule has 0 rings (SSSR count). The molecule has 7 heteroatoms. The van der Waals surface area contributed by atoms with Crippen LogP contribution in [0.1, 0.15) is 32.6 Å². The second-order valence-corrected chi connectivity index (χ2v) is 3.69. The van der Waals surface area contributed by atoms with Gasteiger partial charge in [0.2, 0.25) is 0 Å². The SMILES string of the molecule is CCCCCC(=O)C(O)(C(=O)O)C(O)C(=O)O. The number of carbonyl (C=O) groups excluding carboxylic acids is 1. The summed E-state index contributed by atoms with van der Waals surface area (Å²) < 4.78 is 0. The maximum Gasteiger partial charge on any atom is 0.347 e. The van der Waals surface area contributed by atoms with Crippen LogP contribution in [-0.2, 0) is 14.4 Å². The number of carbonyl (C=O) groups is 3. The first kappa shape index (κ1) is 15.5. The molecule has 0 heterocycles. The molecule has 0 aromatic rings. The maximum atomic E-state index is 11.5. The van der Waals surface area contributed by atoms with E-state index in [0.29, 0.717) is 12.8 Å². The van der Waals surface area contributed by atoms with Crippen LogP contribution in [0.25, 0.3) is 0 Å². The fraction of sp³-hybridized carbons (Fsp3) is 0.700. The molecule has 2 unspecified atom stereocenters. The van der Waals surface area contributed by atoms with E-state index in [0.717, 1.165) is 6.42 Å². The van der Waals surface area contributed by atoms with Gasteiger partial charge in [0, 0.05) is 6.42 Å². The second-order valence-electron chi connectivity index (χ2n) is 3.69. The van der Waals surface area contributed by atoms with Crippen LogP contribution in [0.4, 0.5) is 0 Å². The van der Waals surface area contributed by atoms with Gasteiger partial charge in [0.15, 0.2) is 11.9 Å². The fourth-order valence-electron chi connectivity index (χ4n) is 1.29. The Bertz CT molecular complexity index is 312. The smallest absolute Gasteiger partial charge is 0.347 e. The first-order chi connectivity index (χ1) is 7.78. The molecule has 17 heavy (non-hydrogen) atoms. The van der Waals surface area contributed by atoms with Crippen LogP contribution >= 0.6 is 0 Å². The van der Waals surface area contributed by atoms with E-state index in [2.05, 4.69) is 0 Å². The van der Waals surface area contributed by atoms with Gasteiger partial charge in [-0.15, -0.1) is 0 Å². The van der Waals surface area contributed by atoms with Crippen molar-refractivity contribution in [3.05, 3.63) is 0 Å². The average molecular weight is 248 g/mol. The third kappa shape index (κ3) is 3.50. The van der Waals surface area contributed by atoms with Crippen LogP contribution in [-0.4, -0.2) is 49.9 Å². The lowest BCUT2D eigenvalue weighted by Gasteiger charge is -2.24. The number of aliphatic carboxylic acids is 2. The Balaban J connectivity index is 4.89. The molecule has 0 aliphatic heterocycles. The summed E-state index contributed by atoms with van der Waals surface area (Å²) in [4.78, 5) is 32.7. The molecule has 0 bridgehead atoms. The van der Waals surface area contributed by atoms with E-state index in [1.54, 1.807) is 0 Å². The Labute approximate surface area is 97.7 Å². The van der Waals surface area contributed by atoms with Crippen molar-refractivity contribution in [2.45, 2.75) is 44.3 Å². The topological polar surface area (TPSA) is 132 Å². The zero-order chi connectivity index (χ0) is 13.6. The second kappa shape index (κ2) is 6.31. The third-order valence-electron chi connectivity index (χ3n) is 2.39. The Morgan fingerprint density at radius 2 is 1.71 bits per heavy atom. The summed E-state index contributed by atoms with van der Waals surface area (Å²) in [6, 6.07) is 0. The lowest BCUT2D eigenvalue weighted by Crippen LogP contribution is -2.58. The van der Waals surface area contributed by atoms with Gasteiger partial charge in [-0.05, 0) is 6.42 Å². The number of hydrogen-bond donors (Lipinski definition) is 4. The molecule has 0 radical (unpaired) electrons. The molecule has 0 aliphatic rings. The van der Waals surface area contributed by atoms with Crippen molar-refractivity contribution >= 4 is 17.7 Å². The number of rotatable bonds is 8. The molecule has 7 nitrogen and oxygen atoms in total. The monoisotopic (exact) mass is 248 g/mol. The van der Waals surface area contributed by atoms with E-state index in [-0.39, 0.29) is 6.42 Å². The van der Waals surface area contributed by atoms with Crippen LogP contribution in [0.5, 0.6) is 0 Å². The number of unbranched alkanes of at least 4 members (excludes halogenated alkanes) is 2. The zero-order valence-corrected chi connectivity index (χ0v) is 9.42. The Morgan fingerprint density at radius 3 is 2.06 bits per heavy atom. The molecule has 0 saturated heterocycles. The van der Waals surface area contributed by atoms with E-state index in [9.17, 15) is 19.5 Å². The van der Waals surface area contributed by atoms with Crippen LogP contribution in [0.15, 0.2) is 0 Å². The lowest BCUT2D eigenvalue weighted by atomic mass is 9.88.